The molecule has 1 fully saturated rings. The number of thiophene rings is 2. The zero-order valence-electron chi connectivity index (χ0n) is 18.8. The van der Waals surface area contributed by atoms with E-state index >= 15 is 0 Å². The number of carbonyl (C=O) groups is 2. The van der Waals surface area contributed by atoms with Gasteiger partial charge < -0.3 is 10.1 Å². The van der Waals surface area contributed by atoms with E-state index in [2.05, 4.69) is 17.1 Å². The van der Waals surface area contributed by atoms with E-state index in [1.54, 1.807) is 24.4 Å². The summed E-state index contributed by atoms with van der Waals surface area (Å²) in [6, 6.07) is 2.44. The van der Waals surface area contributed by atoms with Crippen molar-refractivity contribution in [2.45, 2.75) is 56.3 Å². The standard InChI is InChI=1S/C22H29N3O5S3/c1-3-10-24-12-9-15-17(14-24)32-21(19(15)22(27)30-4-2)23-20(26)16-7-5-11-25(16)33(28,29)18-8-6-13-31-18/h6,8,13,16H,3-5,7,9-12,14H2,1-2H3,(H,23,26). The van der Waals surface area contributed by atoms with Gasteiger partial charge in [-0.2, -0.15) is 4.31 Å². The minimum atomic E-state index is -3.74. The highest BCUT2D eigenvalue weighted by atomic mass is 32.2. The highest BCUT2D eigenvalue weighted by Gasteiger charge is 2.40. The second-order valence-corrected chi connectivity index (χ2v) is 12.3. The summed E-state index contributed by atoms with van der Waals surface area (Å²) in [6.07, 6.45) is 2.82. The Labute approximate surface area is 202 Å². The number of ether oxygens (including phenoxy) is 1. The molecular formula is C22H29N3O5S3. The summed E-state index contributed by atoms with van der Waals surface area (Å²) in [5.41, 5.74) is 1.36. The number of hydrogen-bond donors (Lipinski definition) is 1. The van der Waals surface area contributed by atoms with Crippen molar-refractivity contribution in [1.82, 2.24) is 9.21 Å². The molecule has 11 heteroatoms. The molecule has 2 aliphatic rings. The minimum absolute atomic E-state index is 0.233. The third-order valence-electron chi connectivity index (χ3n) is 5.96. The summed E-state index contributed by atoms with van der Waals surface area (Å²) < 4.78 is 32.9. The van der Waals surface area contributed by atoms with E-state index in [1.807, 2.05) is 0 Å². The quantitative estimate of drug-likeness (QED) is 0.545. The topological polar surface area (TPSA) is 96.0 Å². The number of hydrogen-bond acceptors (Lipinski definition) is 8. The average Bonchev–Trinajstić information content (AvgIpc) is 3.53. The number of nitrogens with one attached hydrogen (secondary N) is 1. The molecule has 1 unspecified atom stereocenters. The molecular weight excluding hydrogens is 482 g/mol. The van der Waals surface area contributed by atoms with E-state index in [9.17, 15) is 18.0 Å². The Balaban J connectivity index is 1.60. The smallest absolute Gasteiger partial charge is 0.341 e. The van der Waals surface area contributed by atoms with Crippen LogP contribution in [0.5, 0.6) is 0 Å². The first-order chi connectivity index (χ1) is 15.9. The molecule has 2 aromatic heterocycles. The molecule has 0 spiro atoms. The summed E-state index contributed by atoms with van der Waals surface area (Å²) >= 11 is 2.54. The Bertz CT molecular complexity index is 1110. The Hall–Kier alpha value is -1.79. The molecule has 0 saturated carbocycles. The number of nitrogens with zero attached hydrogens (tertiary/aromatic N) is 2. The van der Waals surface area contributed by atoms with Crippen LogP contribution in [-0.4, -0.2) is 61.8 Å². The van der Waals surface area contributed by atoms with Crippen molar-refractivity contribution >= 4 is 49.6 Å². The zero-order chi connectivity index (χ0) is 23.6. The van der Waals surface area contributed by atoms with E-state index in [0.29, 0.717) is 30.0 Å². The van der Waals surface area contributed by atoms with Gasteiger partial charge in [-0.05, 0) is 56.2 Å². The van der Waals surface area contributed by atoms with E-state index < -0.39 is 27.9 Å². The lowest BCUT2D eigenvalue weighted by Crippen LogP contribution is -2.42. The molecule has 0 radical (unpaired) electrons. The summed E-state index contributed by atoms with van der Waals surface area (Å²) in [5, 5.41) is 5.07. The zero-order valence-corrected chi connectivity index (χ0v) is 21.3. The molecule has 0 bridgehead atoms. The molecule has 8 nitrogen and oxygen atoms in total. The fourth-order valence-electron chi connectivity index (χ4n) is 4.48. The van der Waals surface area contributed by atoms with Crippen molar-refractivity contribution in [3.05, 3.63) is 33.5 Å². The maximum Gasteiger partial charge on any atom is 0.341 e. The normalized spacial score (nSPS) is 19.4. The fourth-order valence-corrected chi connectivity index (χ4v) is 8.54. The molecule has 1 saturated heterocycles. The van der Waals surface area contributed by atoms with Gasteiger partial charge >= 0.3 is 5.97 Å². The van der Waals surface area contributed by atoms with Crippen LogP contribution >= 0.6 is 22.7 Å². The number of anilines is 1. The van der Waals surface area contributed by atoms with Gasteiger partial charge in [0.1, 0.15) is 15.3 Å². The molecule has 0 aliphatic carbocycles. The monoisotopic (exact) mass is 511 g/mol. The van der Waals surface area contributed by atoms with Crippen molar-refractivity contribution in [2.24, 2.45) is 0 Å². The van der Waals surface area contributed by atoms with Gasteiger partial charge in [-0.1, -0.05) is 13.0 Å². The van der Waals surface area contributed by atoms with Crippen LogP contribution in [0.25, 0.3) is 0 Å². The Morgan fingerprint density at radius 2 is 2.09 bits per heavy atom. The number of rotatable bonds is 8. The van der Waals surface area contributed by atoms with Crippen LogP contribution in [-0.2, 0) is 32.5 Å². The number of esters is 1. The highest BCUT2D eigenvalue weighted by molar-refractivity contribution is 7.91. The fraction of sp³-hybridized carbons (Fsp3) is 0.545. The lowest BCUT2D eigenvalue weighted by molar-refractivity contribution is -0.119. The van der Waals surface area contributed by atoms with Crippen molar-refractivity contribution < 1.29 is 22.7 Å². The Morgan fingerprint density at radius 3 is 2.79 bits per heavy atom. The summed E-state index contributed by atoms with van der Waals surface area (Å²) in [7, 11) is -3.74. The van der Waals surface area contributed by atoms with E-state index in [-0.39, 0.29) is 10.8 Å². The lowest BCUT2D eigenvalue weighted by atomic mass is 10.0. The van der Waals surface area contributed by atoms with Crippen LogP contribution in [0.2, 0.25) is 0 Å². The molecule has 1 N–H and O–H groups in total. The molecule has 0 aromatic carbocycles. The molecule has 1 amide bonds. The maximum atomic E-state index is 13.3. The minimum Gasteiger partial charge on any atom is -0.462 e. The second kappa shape index (κ2) is 10.2. The highest BCUT2D eigenvalue weighted by Crippen LogP contribution is 2.38. The van der Waals surface area contributed by atoms with Crippen molar-refractivity contribution in [3.8, 4) is 0 Å². The first kappa shape index (κ1) is 24.3. The third-order valence-corrected chi connectivity index (χ3v) is 10.4. The maximum absolute atomic E-state index is 13.3. The third kappa shape index (κ3) is 4.88. The van der Waals surface area contributed by atoms with Crippen molar-refractivity contribution in [1.29, 1.82) is 0 Å². The molecule has 180 valence electrons. The van der Waals surface area contributed by atoms with Gasteiger partial charge in [0.2, 0.25) is 5.91 Å². The largest absolute Gasteiger partial charge is 0.462 e. The number of amides is 1. The van der Waals surface area contributed by atoms with E-state index in [1.165, 1.54) is 15.6 Å². The predicted octanol–water partition coefficient (Wildman–Crippen LogP) is 3.55. The first-order valence-electron chi connectivity index (χ1n) is 11.3. The van der Waals surface area contributed by atoms with Gasteiger partial charge in [-0.3, -0.25) is 9.69 Å². The van der Waals surface area contributed by atoms with E-state index in [4.69, 9.17) is 4.74 Å². The van der Waals surface area contributed by atoms with Crippen LogP contribution in [0.4, 0.5) is 5.00 Å². The summed E-state index contributed by atoms with van der Waals surface area (Å²) in [4.78, 5) is 29.5. The molecule has 2 aliphatic heterocycles. The molecule has 2 aromatic rings. The van der Waals surface area contributed by atoms with Gasteiger partial charge in [0.25, 0.3) is 10.0 Å². The molecule has 4 heterocycles. The van der Waals surface area contributed by atoms with Gasteiger partial charge in [0, 0.05) is 24.5 Å². The molecule has 33 heavy (non-hydrogen) atoms. The SMILES string of the molecule is CCCN1CCc2c(sc(NC(=O)C3CCCN3S(=O)(=O)c3cccs3)c2C(=O)OCC)C1. The van der Waals surface area contributed by atoms with Crippen molar-refractivity contribution in [3.63, 3.8) is 0 Å². The number of sulfonamides is 1. The summed E-state index contributed by atoms with van der Waals surface area (Å²) in [5.74, 6) is -0.842. The summed E-state index contributed by atoms with van der Waals surface area (Å²) in [6.45, 7) is 7.00. The molecule has 4 rings (SSSR count). The van der Waals surface area contributed by atoms with Crippen LogP contribution in [0, 0.1) is 0 Å². The van der Waals surface area contributed by atoms with Gasteiger partial charge in [-0.15, -0.1) is 22.7 Å². The Morgan fingerprint density at radius 1 is 1.27 bits per heavy atom. The number of carbonyl (C=O) groups excluding carboxylic acids is 2. The van der Waals surface area contributed by atoms with Crippen LogP contribution in [0.15, 0.2) is 21.7 Å². The lowest BCUT2D eigenvalue weighted by Gasteiger charge is -2.26. The van der Waals surface area contributed by atoms with Gasteiger partial charge in [-0.25, -0.2) is 13.2 Å². The second-order valence-electron chi connectivity index (χ2n) is 8.15. The first-order valence-corrected chi connectivity index (χ1v) is 14.4. The molecule has 1 atom stereocenters. The average molecular weight is 512 g/mol. The van der Waals surface area contributed by atoms with Crippen LogP contribution in [0.3, 0.4) is 0 Å². The van der Waals surface area contributed by atoms with Crippen LogP contribution < -0.4 is 5.32 Å². The van der Waals surface area contributed by atoms with Crippen LogP contribution in [0.1, 0.15) is 53.9 Å². The van der Waals surface area contributed by atoms with E-state index in [0.717, 1.165) is 54.3 Å². The number of fused-ring (bicyclic) bond motifs is 1. The van der Waals surface area contributed by atoms with Gasteiger partial charge in [0.15, 0.2) is 0 Å². The Kier molecular flexibility index (Phi) is 7.54. The van der Waals surface area contributed by atoms with Gasteiger partial charge in [0.05, 0.1) is 12.2 Å². The predicted molar refractivity (Wildman–Crippen MR) is 129 cm³/mol. The van der Waals surface area contributed by atoms with Crippen molar-refractivity contribution in [2.75, 3.05) is 31.6 Å².